The van der Waals surface area contributed by atoms with Gasteiger partial charge in [0.05, 0.1) is 7.11 Å². The number of aromatic nitrogens is 4. The first kappa shape index (κ1) is 21.4. The Kier molecular flexibility index (Phi) is 6.69. The lowest BCUT2D eigenvalue weighted by Crippen LogP contribution is -2.17. The molecule has 3 aromatic rings. The Balaban J connectivity index is 1.29. The lowest BCUT2D eigenvalue weighted by atomic mass is 9.77. The van der Waals surface area contributed by atoms with Gasteiger partial charge in [-0.05, 0) is 61.3 Å². The molecule has 32 heavy (non-hydrogen) atoms. The van der Waals surface area contributed by atoms with Gasteiger partial charge in [0.1, 0.15) is 12.1 Å². The number of nitrogens with one attached hydrogen (secondary N) is 2. The van der Waals surface area contributed by atoms with E-state index in [-0.39, 0.29) is 17.9 Å². The molecule has 1 saturated carbocycles. The number of ether oxygens (including phenoxy) is 1. The van der Waals surface area contributed by atoms with Crippen molar-refractivity contribution in [3.8, 4) is 0 Å². The van der Waals surface area contributed by atoms with Crippen LogP contribution in [0.3, 0.4) is 0 Å². The van der Waals surface area contributed by atoms with Crippen LogP contribution in [0.25, 0.3) is 0 Å². The van der Waals surface area contributed by atoms with E-state index in [1.54, 1.807) is 12.3 Å². The predicted octanol–water partition coefficient (Wildman–Crippen LogP) is 3.69. The zero-order valence-corrected chi connectivity index (χ0v) is 17.7. The van der Waals surface area contributed by atoms with Crippen LogP contribution in [-0.2, 0) is 9.53 Å². The van der Waals surface area contributed by atoms with Crippen LogP contribution in [0.15, 0.2) is 47.3 Å². The van der Waals surface area contributed by atoms with Gasteiger partial charge in [-0.25, -0.2) is 9.97 Å². The number of methoxy groups -OCH3 is 1. The van der Waals surface area contributed by atoms with Gasteiger partial charge in [0.25, 0.3) is 0 Å². The maximum absolute atomic E-state index is 12.4. The highest BCUT2D eigenvalue weighted by Gasteiger charge is 2.24. The van der Waals surface area contributed by atoms with Crippen molar-refractivity contribution in [2.75, 3.05) is 17.7 Å². The van der Waals surface area contributed by atoms with Gasteiger partial charge in [-0.3, -0.25) is 14.9 Å². The Morgan fingerprint density at radius 2 is 1.88 bits per heavy atom. The number of hydrogen-bond donors (Lipinski definition) is 2. The summed E-state index contributed by atoms with van der Waals surface area (Å²) in [6, 6.07) is 9.48. The lowest BCUT2D eigenvalue weighted by molar-refractivity contribution is -0.142. The van der Waals surface area contributed by atoms with Crippen LogP contribution >= 0.6 is 0 Å². The molecule has 2 aromatic heterocycles. The van der Waals surface area contributed by atoms with Gasteiger partial charge in [0.15, 0.2) is 0 Å². The molecule has 10 heteroatoms. The number of anilines is 3. The average Bonchev–Trinajstić information content (AvgIpc) is 3.29. The molecule has 2 heterocycles. The number of amides is 1. The third-order valence-electron chi connectivity index (χ3n) is 5.61. The average molecular weight is 436 g/mol. The number of carbonyl (C=O) groups excluding carboxylic acids is 2. The highest BCUT2D eigenvalue weighted by atomic mass is 16.5. The molecule has 10 nitrogen and oxygen atoms in total. The zero-order chi connectivity index (χ0) is 22.3. The topological polar surface area (TPSA) is 132 Å². The number of carbonyl (C=O) groups is 2. The fraction of sp³-hybridized carbons (Fsp3) is 0.364. The fourth-order valence-electron chi connectivity index (χ4n) is 3.88. The van der Waals surface area contributed by atoms with Crippen molar-refractivity contribution in [1.82, 2.24) is 20.2 Å². The van der Waals surface area contributed by atoms with E-state index in [0.29, 0.717) is 29.8 Å². The number of benzene rings is 1. The molecule has 0 bridgehead atoms. The molecule has 1 aromatic carbocycles. The van der Waals surface area contributed by atoms with Crippen molar-refractivity contribution in [3.63, 3.8) is 0 Å². The van der Waals surface area contributed by atoms with E-state index in [0.717, 1.165) is 25.7 Å². The molecule has 2 N–H and O–H groups in total. The normalized spacial score (nSPS) is 18.0. The van der Waals surface area contributed by atoms with E-state index in [4.69, 9.17) is 9.15 Å². The lowest BCUT2D eigenvalue weighted by Gasteiger charge is -2.28. The maximum atomic E-state index is 12.4. The molecule has 1 aliphatic rings. The Bertz CT molecular complexity index is 1050. The third-order valence-corrected chi connectivity index (χ3v) is 5.61. The van der Waals surface area contributed by atoms with Crippen molar-refractivity contribution < 1.29 is 18.7 Å². The summed E-state index contributed by atoms with van der Waals surface area (Å²) in [6.45, 7) is 0. The van der Waals surface area contributed by atoms with E-state index in [2.05, 4.69) is 30.8 Å². The van der Waals surface area contributed by atoms with E-state index >= 15 is 0 Å². The minimum absolute atomic E-state index is 0.0620. The van der Waals surface area contributed by atoms with Gasteiger partial charge in [-0.15, -0.1) is 5.10 Å². The van der Waals surface area contributed by atoms with Crippen molar-refractivity contribution in [2.24, 2.45) is 5.92 Å². The summed E-state index contributed by atoms with van der Waals surface area (Å²) in [6.07, 6.45) is 7.55. The second kappa shape index (κ2) is 9.99. The van der Waals surface area contributed by atoms with Crippen molar-refractivity contribution in [1.29, 1.82) is 0 Å². The zero-order valence-electron chi connectivity index (χ0n) is 17.7. The van der Waals surface area contributed by atoms with E-state index in [1.165, 1.54) is 19.0 Å². The van der Waals surface area contributed by atoms with Crippen LogP contribution < -0.4 is 10.6 Å². The summed E-state index contributed by atoms with van der Waals surface area (Å²) >= 11 is 0. The van der Waals surface area contributed by atoms with Crippen molar-refractivity contribution in [2.45, 2.75) is 38.0 Å². The molecule has 0 unspecified atom stereocenters. The molecule has 1 aliphatic carbocycles. The molecule has 0 aliphatic heterocycles. The second-order valence-corrected chi connectivity index (χ2v) is 7.71. The minimum atomic E-state index is -0.496. The Morgan fingerprint density at radius 1 is 1.09 bits per heavy atom. The number of nitrogens with zero attached hydrogens (tertiary/aromatic N) is 4. The molecule has 0 radical (unpaired) electrons. The standard InChI is InChI=1S/C22H24N6O4/c1-31-19(29)12-14-2-4-15(5-3-14)16-6-8-17(9-7-16)25-20(30)21-27-28-22(32-21)26-18-10-11-23-13-24-18/h6-11,13-15H,2-5,12H2,1H3,(H,25,30)(H,23,24,26,28)/t14-,15-. The summed E-state index contributed by atoms with van der Waals surface area (Å²) in [7, 11) is 1.43. The van der Waals surface area contributed by atoms with Gasteiger partial charge in [0.2, 0.25) is 0 Å². The SMILES string of the molecule is COC(=O)C[C@H]1CC[C@H](c2ccc(NC(=O)c3nnc(Nc4ccncn4)o3)cc2)CC1. The minimum Gasteiger partial charge on any atom is -0.469 e. The summed E-state index contributed by atoms with van der Waals surface area (Å²) < 4.78 is 10.1. The number of hydrogen-bond acceptors (Lipinski definition) is 9. The fourth-order valence-corrected chi connectivity index (χ4v) is 3.88. The maximum Gasteiger partial charge on any atom is 0.321 e. The van der Waals surface area contributed by atoms with E-state index in [9.17, 15) is 9.59 Å². The van der Waals surface area contributed by atoms with E-state index in [1.807, 2.05) is 24.3 Å². The summed E-state index contributed by atoms with van der Waals surface area (Å²) in [5, 5.41) is 13.1. The van der Waals surface area contributed by atoms with Gasteiger partial charge in [-0.2, -0.15) is 0 Å². The van der Waals surface area contributed by atoms with Crippen LogP contribution in [0.1, 0.15) is 54.3 Å². The van der Waals surface area contributed by atoms with Crippen LogP contribution in [0.4, 0.5) is 17.5 Å². The molecule has 0 spiro atoms. The highest BCUT2D eigenvalue weighted by molar-refractivity contribution is 6.00. The summed E-state index contributed by atoms with van der Waals surface area (Å²) in [4.78, 5) is 31.7. The predicted molar refractivity (Wildman–Crippen MR) is 115 cm³/mol. The molecule has 1 fully saturated rings. The smallest absolute Gasteiger partial charge is 0.321 e. The first-order valence-electron chi connectivity index (χ1n) is 10.5. The van der Waals surface area contributed by atoms with Crippen LogP contribution in [-0.4, -0.2) is 39.2 Å². The number of esters is 1. The van der Waals surface area contributed by atoms with Gasteiger partial charge >= 0.3 is 23.8 Å². The van der Waals surface area contributed by atoms with Gasteiger partial charge in [0, 0.05) is 18.3 Å². The summed E-state index contributed by atoms with van der Waals surface area (Å²) in [5.74, 6) is 0.552. The van der Waals surface area contributed by atoms with E-state index < -0.39 is 5.91 Å². The molecule has 4 rings (SSSR count). The Morgan fingerprint density at radius 3 is 2.56 bits per heavy atom. The quantitative estimate of drug-likeness (QED) is 0.532. The summed E-state index contributed by atoms with van der Waals surface area (Å²) in [5.41, 5.74) is 1.87. The Hall–Kier alpha value is -3.82. The largest absolute Gasteiger partial charge is 0.469 e. The molecular formula is C22H24N6O4. The third kappa shape index (κ3) is 5.45. The van der Waals surface area contributed by atoms with Crippen molar-refractivity contribution in [3.05, 3.63) is 54.3 Å². The van der Waals surface area contributed by atoms with Gasteiger partial charge in [-0.1, -0.05) is 17.2 Å². The molecule has 0 saturated heterocycles. The first-order chi connectivity index (χ1) is 15.6. The second-order valence-electron chi connectivity index (χ2n) is 7.71. The number of rotatable bonds is 7. The Labute approximate surface area is 184 Å². The molecule has 1 amide bonds. The van der Waals surface area contributed by atoms with Crippen LogP contribution in [0, 0.1) is 5.92 Å². The molecule has 166 valence electrons. The monoisotopic (exact) mass is 436 g/mol. The van der Waals surface area contributed by atoms with Crippen LogP contribution in [0.5, 0.6) is 0 Å². The van der Waals surface area contributed by atoms with Crippen LogP contribution in [0.2, 0.25) is 0 Å². The molecule has 0 atom stereocenters. The molecular weight excluding hydrogens is 412 g/mol. The highest BCUT2D eigenvalue weighted by Crippen LogP contribution is 2.37. The van der Waals surface area contributed by atoms with Crippen molar-refractivity contribution >= 4 is 29.4 Å². The first-order valence-corrected chi connectivity index (χ1v) is 10.5. The van der Waals surface area contributed by atoms with Gasteiger partial charge < -0.3 is 14.5 Å².